The summed E-state index contributed by atoms with van der Waals surface area (Å²) in [5.41, 5.74) is 3.72. The van der Waals surface area contributed by atoms with E-state index in [1.54, 1.807) is 0 Å². The third kappa shape index (κ3) is 13.5. The third-order valence-electron chi connectivity index (χ3n) is 7.20. The van der Waals surface area contributed by atoms with Crippen molar-refractivity contribution in [3.05, 3.63) is 54.1 Å². The Hall–Kier alpha value is -1.80. The van der Waals surface area contributed by atoms with Gasteiger partial charge in [-0.1, -0.05) is 140 Å². The van der Waals surface area contributed by atoms with Crippen molar-refractivity contribution in [2.75, 3.05) is 13.2 Å². The molecule has 2 aromatic carbocycles. The highest BCUT2D eigenvalue weighted by Gasteiger charge is 2.07. The van der Waals surface area contributed by atoms with E-state index in [1.165, 1.54) is 113 Å². The molecular weight excluding hydrogens is 440 g/mol. The van der Waals surface area contributed by atoms with Crippen LogP contribution >= 0.6 is 0 Å². The Kier molecular flexibility index (Phi) is 17.1. The van der Waals surface area contributed by atoms with E-state index in [0.717, 1.165) is 25.4 Å². The molecule has 0 radical (unpaired) electrons. The molecule has 0 fully saturated rings. The highest BCUT2D eigenvalue weighted by molar-refractivity contribution is 5.64. The Morgan fingerprint density at radius 3 is 1.42 bits per heavy atom. The van der Waals surface area contributed by atoms with E-state index in [-0.39, 0.29) is 6.10 Å². The van der Waals surface area contributed by atoms with Crippen molar-refractivity contribution < 1.29 is 9.47 Å². The van der Waals surface area contributed by atoms with Crippen LogP contribution in [0.25, 0.3) is 11.1 Å². The Bertz CT molecular complexity index is 750. The van der Waals surface area contributed by atoms with Crippen LogP contribution in [0.1, 0.15) is 135 Å². The molecule has 0 N–H and O–H groups in total. The fourth-order valence-corrected chi connectivity index (χ4v) is 4.71. The van der Waals surface area contributed by atoms with Gasteiger partial charge in [-0.15, -0.1) is 0 Å². The van der Waals surface area contributed by atoms with Crippen LogP contribution < -0.4 is 4.74 Å². The number of benzene rings is 2. The van der Waals surface area contributed by atoms with Crippen molar-refractivity contribution in [3.63, 3.8) is 0 Å². The van der Waals surface area contributed by atoms with Gasteiger partial charge in [0.05, 0.1) is 12.7 Å². The van der Waals surface area contributed by atoms with Gasteiger partial charge in [0.25, 0.3) is 0 Å². The summed E-state index contributed by atoms with van der Waals surface area (Å²) >= 11 is 0. The van der Waals surface area contributed by atoms with E-state index >= 15 is 0 Å². The van der Waals surface area contributed by atoms with Crippen LogP contribution in [-0.4, -0.2) is 13.2 Å². The van der Waals surface area contributed by atoms with Crippen LogP contribution in [0, 0.1) is 0 Å². The number of hydrogen-bond donors (Lipinski definition) is 0. The molecule has 202 valence electrons. The fourth-order valence-electron chi connectivity index (χ4n) is 4.71. The lowest BCUT2D eigenvalue weighted by Crippen LogP contribution is -2.01. The Balaban J connectivity index is 1.60. The number of hydrogen-bond acceptors (Lipinski definition) is 2. The predicted octanol–water partition coefficient (Wildman–Crippen LogP) is 11.1. The highest BCUT2D eigenvalue weighted by atomic mass is 16.5. The molecule has 0 aliphatic heterocycles. The van der Waals surface area contributed by atoms with Crippen molar-refractivity contribution in [2.45, 2.75) is 130 Å². The Labute approximate surface area is 223 Å². The maximum absolute atomic E-state index is 6.10. The normalized spacial score (nSPS) is 12.1. The van der Waals surface area contributed by atoms with E-state index in [9.17, 15) is 0 Å². The predicted molar refractivity (Wildman–Crippen MR) is 157 cm³/mol. The third-order valence-corrected chi connectivity index (χ3v) is 7.20. The number of ether oxygens (including phenoxy) is 2. The van der Waals surface area contributed by atoms with Gasteiger partial charge in [-0.05, 0) is 48.6 Å². The second-order valence-corrected chi connectivity index (χ2v) is 10.5. The van der Waals surface area contributed by atoms with Gasteiger partial charge in [0.15, 0.2) is 0 Å². The van der Waals surface area contributed by atoms with E-state index in [4.69, 9.17) is 9.47 Å². The van der Waals surface area contributed by atoms with Crippen molar-refractivity contribution in [2.24, 2.45) is 0 Å². The molecule has 0 heterocycles. The van der Waals surface area contributed by atoms with Crippen LogP contribution in [0.2, 0.25) is 0 Å². The maximum atomic E-state index is 6.10. The number of rotatable bonds is 22. The first-order valence-electron chi connectivity index (χ1n) is 15.2. The summed E-state index contributed by atoms with van der Waals surface area (Å²) in [4.78, 5) is 0. The average Bonchev–Trinajstić information content (AvgIpc) is 2.91. The molecule has 1 unspecified atom stereocenters. The van der Waals surface area contributed by atoms with Crippen LogP contribution in [0.15, 0.2) is 48.5 Å². The van der Waals surface area contributed by atoms with Gasteiger partial charge in [0.2, 0.25) is 0 Å². The molecular formula is C34H54O2. The van der Waals surface area contributed by atoms with Gasteiger partial charge in [-0.2, -0.15) is 0 Å². The molecule has 0 aromatic heterocycles. The molecule has 0 aliphatic rings. The topological polar surface area (TPSA) is 18.5 Å². The molecule has 0 saturated heterocycles. The zero-order valence-electron chi connectivity index (χ0n) is 23.7. The van der Waals surface area contributed by atoms with Gasteiger partial charge in [-0.3, -0.25) is 0 Å². The molecule has 2 nitrogen and oxygen atoms in total. The highest BCUT2D eigenvalue weighted by Crippen LogP contribution is 2.25. The maximum Gasteiger partial charge on any atom is 0.119 e. The van der Waals surface area contributed by atoms with Crippen molar-refractivity contribution >= 4 is 0 Å². The lowest BCUT2D eigenvalue weighted by molar-refractivity contribution is 0.0627. The van der Waals surface area contributed by atoms with Crippen LogP contribution in [0.5, 0.6) is 5.75 Å². The molecule has 2 aromatic rings. The Morgan fingerprint density at radius 2 is 0.917 bits per heavy atom. The molecule has 0 spiro atoms. The Morgan fingerprint density at radius 1 is 0.500 bits per heavy atom. The zero-order valence-corrected chi connectivity index (χ0v) is 23.7. The molecule has 36 heavy (non-hydrogen) atoms. The van der Waals surface area contributed by atoms with Crippen molar-refractivity contribution in [3.8, 4) is 16.9 Å². The van der Waals surface area contributed by atoms with Gasteiger partial charge in [-0.25, -0.2) is 0 Å². The summed E-state index contributed by atoms with van der Waals surface area (Å²) in [6.45, 7) is 8.39. The summed E-state index contributed by atoms with van der Waals surface area (Å²) in [7, 11) is 0. The summed E-state index contributed by atoms with van der Waals surface area (Å²) in [6.07, 6.45) is 21.5. The van der Waals surface area contributed by atoms with Gasteiger partial charge in [0.1, 0.15) is 5.75 Å². The number of unbranched alkanes of at least 4 members (excludes halogenated alkanes) is 14. The summed E-state index contributed by atoms with van der Waals surface area (Å²) < 4.78 is 12.1. The minimum absolute atomic E-state index is 0.149. The summed E-state index contributed by atoms with van der Waals surface area (Å²) in [5, 5.41) is 0. The first-order chi connectivity index (χ1) is 17.7. The van der Waals surface area contributed by atoms with E-state index in [2.05, 4.69) is 69.3 Å². The molecule has 0 aliphatic carbocycles. The zero-order chi connectivity index (χ0) is 25.7. The minimum Gasteiger partial charge on any atom is -0.494 e. The second-order valence-electron chi connectivity index (χ2n) is 10.5. The van der Waals surface area contributed by atoms with Crippen molar-refractivity contribution in [1.82, 2.24) is 0 Å². The molecule has 0 saturated carbocycles. The molecule has 2 heteroatoms. The van der Waals surface area contributed by atoms with E-state index < -0.39 is 0 Å². The molecule has 0 bridgehead atoms. The van der Waals surface area contributed by atoms with Gasteiger partial charge < -0.3 is 9.47 Å². The summed E-state index contributed by atoms with van der Waals surface area (Å²) in [6, 6.07) is 17.4. The molecule has 1 atom stereocenters. The standard InChI is InChI=1S/C34H54O2/c1-4-6-8-10-12-14-16-18-28-35-30(3)31-20-22-32(23-21-31)33-24-26-34(27-25-33)36-29-19-17-15-13-11-9-7-5-2/h20-27,30H,4-19,28-29H2,1-3H3. The van der Waals surface area contributed by atoms with Crippen LogP contribution in [-0.2, 0) is 4.74 Å². The largest absolute Gasteiger partial charge is 0.494 e. The molecule has 0 amide bonds. The van der Waals surface area contributed by atoms with E-state index in [0.29, 0.717) is 0 Å². The first kappa shape index (κ1) is 30.4. The van der Waals surface area contributed by atoms with E-state index in [1.807, 2.05) is 0 Å². The second kappa shape index (κ2) is 20.3. The van der Waals surface area contributed by atoms with Crippen LogP contribution in [0.4, 0.5) is 0 Å². The average molecular weight is 495 g/mol. The quantitative estimate of drug-likeness (QED) is 0.151. The van der Waals surface area contributed by atoms with Gasteiger partial charge in [0, 0.05) is 6.61 Å². The molecule has 2 rings (SSSR count). The van der Waals surface area contributed by atoms with Gasteiger partial charge >= 0.3 is 0 Å². The SMILES string of the molecule is CCCCCCCCCCOc1ccc(-c2ccc(C(C)OCCCCCCCCCC)cc2)cc1. The first-order valence-corrected chi connectivity index (χ1v) is 15.2. The lowest BCUT2D eigenvalue weighted by atomic mass is 10.0. The smallest absolute Gasteiger partial charge is 0.119 e. The summed E-state index contributed by atoms with van der Waals surface area (Å²) in [5.74, 6) is 0.973. The minimum atomic E-state index is 0.149. The van der Waals surface area contributed by atoms with Crippen molar-refractivity contribution in [1.29, 1.82) is 0 Å². The van der Waals surface area contributed by atoms with Crippen LogP contribution in [0.3, 0.4) is 0 Å². The monoisotopic (exact) mass is 494 g/mol. The fraction of sp³-hybridized carbons (Fsp3) is 0.647. The lowest BCUT2D eigenvalue weighted by Gasteiger charge is -2.14.